The van der Waals surface area contributed by atoms with Crippen LogP contribution in [0.1, 0.15) is 32.3 Å². The van der Waals surface area contributed by atoms with Crippen molar-refractivity contribution in [2.45, 2.75) is 32.7 Å². The first-order chi connectivity index (χ1) is 15.7. The number of benzene rings is 2. The summed E-state index contributed by atoms with van der Waals surface area (Å²) in [5, 5.41) is 12.3. The zero-order valence-corrected chi connectivity index (χ0v) is 20.7. The number of halogens is 4. The van der Waals surface area contributed by atoms with Crippen LogP contribution in [-0.4, -0.2) is 37.5 Å². The fourth-order valence-corrected chi connectivity index (χ4v) is 3.75. The number of rotatable bonds is 4. The molecule has 3 unspecified atom stereocenters. The molecule has 1 aliphatic heterocycles. The van der Waals surface area contributed by atoms with Gasteiger partial charge in [0, 0.05) is 37.1 Å². The highest BCUT2D eigenvalue weighted by atomic mass is 35.5. The Kier molecular flexibility index (Phi) is 12.7. The van der Waals surface area contributed by atoms with Crippen molar-refractivity contribution < 1.29 is 13.6 Å². The summed E-state index contributed by atoms with van der Waals surface area (Å²) >= 11 is 11.3. The van der Waals surface area contributed by atoms with Gasteiger partial charge in [0.1, 0.15) is 11.6 Å². The van der Waals surface area contributed by atoms with Crippen LogP contribution in [0.5, 0.6) is 0 Å². The molecule has 1 N–H and O–H groups in total. The van der Waals surface area contributed by atoms with Crippen LogP contribution < -0.4 is 5.32 Å². The molecule has 1 saturated heterocycles. The number of hydrogen-bond donors (Lipinski definition) is 1. The second-order valence-corrected chi connectivity index (χ2v) is 8.57. The zero-order valence-electron chi connectivity index (χ0n) is 19.2. The van der Waals surface area contributed by atoms with E-state index in [1.54, 1.807) is 37.4 Å². The number of nitriles is 1. The molecule has 3 atom stereocenters. The molecule has 2 aromatic rings. The number of likely N-dealkylation sites (tertiary alicyclic amines) is 1. The highest BCUT2D eigenvalue weighted by molar-refractivity contribution is 6.31. The third-order valence-electron chi connectivity index (χ3n) is 5.13. The summed E-state index contributed by atoms with van der Waals surface area (Å²) in [5.74, 6) is -1.03. The van der Waals surface area contributed by atoms with Gasteiger partial charge >= 0.3 is 0 Å². The van der Waals surface area contributed by atoms with Gasteiger partial charge in [-0.05, 0) is 50.6 Å². The third-order valence-corrected chi connectivity index (χ3v) is 5.66. The average molecular weight is 496 g/mol. The number of nitrogens with zero attached hydrogens (tertiary/aromatic N) is 2. The fraction of sp³-hybridized carbons (Fsp3) is 0.360. The van der Waals surface area contributed by atoms with Crippen molar-refractivity contribution in [3.8, 4) is 6.07 Å². The lowest BCUT2D eigenvalue weighted by molar-refractivity contribution is -0.109. The highest BCUT2D eigenvalue weighted by Crippen LogP contribution is 2.39. The van der Waals surface area contributed by atoms with Gasteiger partial charge in [0.2, 0.25) is 6.41 Å². The van der Waals surface area contributed by atoms with Crippen molar-refractivity contribution in [2.75, 3.05) is 20.1 Å². The Labute approximate surface area is 204 Å². The third kappa shape index (κ3) is 9.13. The van der Waals surface area contributed by atoms with Crippen molar-refractivity contribution in [3.05, 3.63) is 81.4 Å². The van der Waals surface area contributed by atoms with Crippen LogP contribution in [0.15, 0.2) is 54.1 Å². The molecule has 0 bridgehead atoms. The predicted molar refractivity (Wildman–Crippen MR) is 130 cm³/mol. The lowest BCUT2D eigenvalue weighted by Crippen LogP contribution is -2.29. The quantitative estimate of drug-likeness (QED) is 0.404. The lowest BCUT2D eigenvalue weighted by atomic mass is 9.86. The van der Waals surface area contributed by atoms with Gasteiger partial charge in [-0.3, -0.25) is 9.69 Å². The molecule has 0 radical (unpaired) electrons. The maximum absolute atomic E-state index is 14.3. The minimum atomic E-state index is -0.388. The summed E-state index contributed by atoms with van der Waals surface area (Å²) in [6, 6.07) is 13.3. The van der Waals surface area contributed by atoms with E-state index in [0.717, 1.165) is 6.54 Å². The average Bonchev–Trinajstić information content (AvgIpc) is 3.09. The van der Waals surface area contributed by atoms with Crippen molar-refractivity contribution in [3.63, 3.8) is 0 Å². The Morgan fingerprint density at radius 3 is 2.36 bits per heavy atom. The zero-order chi connectivity index (χ0) is 25.0. The highest BCUT2D eigenvalue weighted by Gasteiger charge is 2.40. The molecular formula is C25H29Cl2F2N3O. The van der Waals surface area contributed by atoms with E-state index in [-0.39, 0.29) is 34.5 Å². The van der Waals surface area contributed by atoms with Gasteiger partial charge < -0.3 is 5.32 Å². The van der Waals surface area contributed by atoms with Gasteiger partial charge in [-0.15, -0.1) is 0 Å². The second-order valence-electron chi connectivity index (χ2n) is 7.73. The molecule has 0 saturated carbocycles. The summed E-state index contributed by atoms with van der Waals surface area (Å²) in [6.07, 6.45) is 2.77. The first kappa shape index (κ1) is 28.6. The Hall–Kier alpha value is -2.46. The van der Waals surface area contributed by atoms with E-state index < -0.39 is 0 Å². The fourth-order valence-electron chi connectivity index (χ4n) is 3.39. The molecule has 2 aromatic carbocycles. The number of amides is 1. The predicted octanol–water partition coefficient (Wildman–Crippen LogP) is 6.21. The van der Waals surface area contributed by atoms with E-state index in [2.05, 4.69) is 36.2 Å². The van der Waals surface area contributed by atoms with Crippen LogP contribution in [0.25, 0.3) is 0 Å². The summed E-state index contributed by atoms with van der Waals surface area (Å²) in [5.41, 5.74) is 1.80. The summed E-state index contributed by atoms with van der Waals surface area (Å²) in [6.45, 7) is 7.61. The Morgan fingerprint density at radius 2 is 1.88 bits per heavy atom. The van der Waals surface area contributed by atoms with E-state index in [1.165, 1.54) is 17.7 Å². The van der Waals surface area contributed by atoms with Crippen LogP contribution in [0, 0.1) is 28.9 Å². The number of nitrogens with one attached hydrogen (secondary N) is 1. The molecule has 1 fully saturated rings. The Balaban J connectivity index is 0.000000372. The van der Waals surface area contributed by atoms with Crippen molar-refractivity contribution in [1.82, 2.24) is 10.2 Å². The maximum Gasteiger partial charge on any atom is 0.206 e. The smallest absolute Gasteiger partial charge is 0.206 e. The van der Waals surface area contributed by atoms with Gasteiger partial charge in [0.15, 0.2) is 0 Å². The van der Waals surface area contributed by atoms with Crippen LogP contribution in [0.3, 0.4) is 0 Å². The molecule has 4 nitrogen and oxygen atoms in total. The molecule has 1 heterocycles. The topological polar surface area (TPSA) is 56.1 Å². The number of allylic oxidation sites excluding steroid dienone is 1. The maximum atomic E-state index is 14.3. The van der Waals surface area contributed by atoms with E-state index in [0.29, 0.717) is 23.5 Å². The van der Waals surface area contributed by atoms with Crippen molar-refractivity contribution >= 4 is 29.6 Å². The van der Waals surface area contributed by atoms with Gasteiger partial charge in [-0.2, -0.15) is 5.26 Å². The van der Waals surface area contributed by atoms with E-state index in [4.69, 9.17) is 28.0 Å². The van der Waals surface area contributed by atoms with Crippen LogP contribution >= 0.6 is 23.2 Å². The van der Waals surface area contributed by atoms with E-state index in [1.807, 2.05) is 6.92 Å². The van der Waals surface area contributed by atoms with Gasteiger partial charge in [0.25, 0.3) is 0 Å². The van der Waals surface area contributed by atoms with Crippen molar-refractivity contribution in [1.29, 1.82) is 5.26 Å². The van der Waals surface area contributed by atoms with Crippen molar-refractivity contribution in [2.24, 2.45) is 5.92 Å². The second kappa shape index (κ2) is 14.6. The number of carbonyl (C=O) groups is 1. The first-order valence-corrected chi connectivity index (χ1v) is 11.1. The van der Waals surface area contributed by atoms with Gasteiger partial charge in [0.05, 0.1) is 17.0 Å². The van der Waals surface area contributed by atoms with E-state index in [9.17, 15) is 14.0 Å². The molecule has 1 aliphatic rings. The van der Waals surface area contributed by atoms with E-state index >= 15 is 0 Å². The molecule has 1 amide bonds. The minimum Gasteiger partial charge on any atom is -0.362 e. The number of hydrogen-bond acceptors (Lipinski definition) is 3. The van der Waals surface area contributed by atoms with Gasteiger partial charge in [-0.1, -0.05) is 53.1 Å². The van der Waals surface area contributed by atoms with Crippen LogP contribution in [0.4, 0.5) is 8.78 Å². The first-order valence-electron chi connectivity index (χ1n) is 10.4. The molecular weight excluding hydrogens is 467 g/mol. The van der Waals surface area contributed by atoms with Gasteiger partial charge in [-0.25, -0.2) is 8.78 Å². The Bertz CT molecular complexity index is 957. The Morgan fingerprint density at radius 1 is 1.24 bits per heavy atom. The lowest BCUT2D eigenvalue weighted by Gasteiger charge is -2.20. The minimum absolute atomic E-state index is 0.106. The monoisotopic (exact) mass is 495 g/mol. The molecule has 3 rings (SSSR count). The standard InChI is InChI=1S/C17H20ClFN2.C6H4ClF.C2H5NO/c1-11(2)7-8-21-10-15(14(9-20)12(21)3)13-5-4-6-16(18)17(13)19;7-5-2-1-3-6(8)4-5;1-3-2-4/h4-7,12,14-15H,8,10H2,1-3H3;1-4H;2H,1H3,(H,3,4). The van der Waals surface area contributed by atoms with Crippen LogP contribution in [-0.2, 0) is 4.79 Å². The normalized spacial score (nSPS) is 19.2. The summed E-state index contributed by atoms with van der Waals surface area (Å²) in [7, 11) is 1.56. The molecule has 0 aliphatic carbocycles. The molecule has 8 heteroatoms. The largest absolute Gasteiger partial charge is 0.362 e. The number of carbonyl (C=O) groups excluding carboxylic acids is 1. The summed E-state index contributed by atoms with van der Waals surface area (Å²) in [4.78, 5) is 11.3. The van der Waals surface area contributed by atoms with Crippen LogP contribution in [0.2, 0.25) is 10.0 Å². The SMILES string of the molecule is CC(C)=CCN1CC(c2cccc(Cl)c2F)C(C#N)C1C.CNC=O.Fc1cccc(Cl)c1. The summed E-state index contributed by atoms with van der Waals surface area (Å²) < 4.78 is 26.3. The molecule has 178 valence electrons. The molecule has 33 heavy (non-hydrogen) atoms. The molecule has 0 aromatic heterocycles. The molecule has 0 spiro atoms.